The molecule has 4 aliphatic heterocycles. The molecule has 0 bridgehead atoms. The zero-order valence-electron chi connectivity index (χ0n) is 16.6. The van der Waals surface area contributed by atoms with Crippen molar-refractivity contribution >= 4 is 20.7 Å². The Morgan fingerprint density at radius 1 is 0.862 bits per heavy atom. The number of hydrogen-bond donors (Lipinski definition) is 2. The zero-order valence-corrected chi connectivity index (χ0v) is 16.6. The highest BCUT2D eigenvalue weighted by molar-refractivity contribution is 5.75. The van der Waals surface area contributed by atoms with Crippen molar-refractivity contribution in [2.75, 3.05) is 59.5 Å². The first kappa shape index (κ1) is 30.2. The van der Waals surface area contributed by atoms with Gasteiger partial charge in [0.25, 0.3) is 0 Å². The molecular formula is C20H38BO8. The minimum absolute atomic E-state index is 0. The van der Waals surface area contributed by atoms with Gasteiger partial charge in [0, 0.05) is 59.9 Å². The molecule has 0 aromatic heterocycles. The summed E-state index contributed by atoms with van der Waals surface area (Å²) in [5.74, 6) is -0.350. The highest BCUT2D eigenvalue weighted by Crippen LogP contribution is 2.11. The number of ether oxygens (including phenoxy) is 4. The fraction of sp³-hybridized carbons (Fsp3) is 0.900. The predicted octanol–water partition coefficient (Wildman–Crippen LogP) is 1.40. The number of rotatable bonds is 3. The third kappa shape index (κ3) is 15.5. The van der Waals surface area contributed by atoms with Gasteiger partial charge >= 0.3 is 5.97 Å². The first-order valence-electron chi connectivity index (χ1n) is 9.77. The third-order valence-electron chi connectivity index (χ3n) is 4.55. The predicted molar refractivity (Wildman–Crippen MR) is 110 cm³/mol. The van der Waals surface area contributed by atoms with Gasteiger partial charge in [0.05, 0.1) is 25.7 Å². The van der Waals surface area contributed by atoms with Crippen molar-refractivity contribution in [2.45, 2.75) is 39.5 Å². The maximum absolute atomic E-state index is 10.1. The van der Waals surface area contributed by atoms with Crippen molar-refractivity contribution in [3.63, 3.8) is 0 Å². The van der Waals surface area contributed by atoms with Gasteiger partial charge in [-0.25, -0.2) is 0 Å². The van der Waals surface area contributed by atoms with Crippen LogP contribution in [0.15, 0.2) is 0 Å². The standard InChI is InChI=1S/C5H8O3.C5H10O2.C5H8O2.C4H8O.CH4.B/c6-5(7)4-1-2-8-3-4;2*6-3-5-1-2-7-4-5;1-2-4-5-3-1;;/h4H,1-3H2,(H,6,7);5-6H,1-4H2;3,5H,1-2,4H2;1-4H2;1H4;. The van der Waals surface area contributed by atoms with E-state index in [1.807, 2.05) is 0 Å². The zero-order chi connectivity index (χ0) is 19.7. The maximum Gasteiger partial charge on any atom is 0.308 e. The lowest BCUT2D eigenvalue weighted by Crippen LogP contribution is -2.12. The van der Waals surface area contributed by atoms with Crippen LogP contribution in [0.2, 0.25) is 0 Å². The summed E-state index contributed by atoms with van der Waals surface area (Å²) in [4.78, 5) is 20.0. The topological polar surface area (TPSA) is 112 Å². The highest BCUT2D eigenvalue weighted by atomic mass is 16.5. The van der Waals surface area contributed by atoms with E-state index in [4.69, 9.17) is 29.2 Å². The number of carboxylic acids is 1. The number of carbonyl (C=O) groups excluding carboxylic acids is 1. The monoisotopic (exact) mass is 417 g/mol. The molecule has 4 aliphatic rings. The molecule has 169 valence electrons. The van der Waals surface area contributed by atoms with Gasteiger partial charge in [-0.15, -0.1) is 0 Å². The van der Waals surface area contributed by atoms with Gasteiger partial charge in [-0.1, -0.05) is 7.43 Å². The Balaban J connectivity index is 0. The van der Waals surface area contributed by atoms with Crippen LogP contribution in [0.25, 0.3) is 0 Å². The van der Waals surface area contributed by atoms with Crippen LogP contribution in [0, 0.1) is 17.8 Å². The Bertz CT molecular complexity index is 367. The molecule has 0 spiro atoms. The molecule has 4 heterocycles. The van der Waals surface area contributed by atoms with E-state index in [-0.39, 0.29) is 27.7 Å². The van der Waals surface area contributed by atoms with Gasteiger partial charge in [0.15, 0.2) is 0 Å². The lowest BCUT2D eigenvalue weighted by Gasteiger charge is -1.96. The minimum atomic E-state index is -0.734. The quantitative estimate of drug-likeness (QED) is 0.524. The van der Waals surface area contributed by atoms with Crippen molar-refractivity contribution in [1.82, 2.24) is 0 Å². The second kappa shape index (κ2) is 20.3. The summed E-state index contributed by atoms with van der Waals surface area (Å²) in [5, 5.41) is 16.8. The maximum atomic E-state index is 10.1. The fourth-order valence-corrected chi connectivity index (χ4v) is 2.63. The molecule has 3 atom stereocenters. The van der Waals surface area contributed by atoms with E-state index in [1.165, 1.54) is 12.8 Å². The number of aliphatic carboxylic acids is 1. The number of hydrogen-bond acceptors (Lipinski definition) is 7. The number of carboxylic acid groups (broad SMARTS) is 1. The van der Waals surface area contributed by atoms with Crippen molar-refractivity contribution in [3.05, 3.63) is 0 Å². The van der Waals surface area contributed by atoms with Gasteiger partial charge in [-0.05, 0) is 32.1 Å². The Morgan fingerprint density at radius 3 is 1.69 bits per heavy atom. The van der Waals surface area contributed by atoms with Crippen LogP contribution in [0.3, 0.4) is 0 Å². The van der Waals surface area contributed by atoms with Crippen LogP contribution in [0.4, 0.5) is 0 Å². The van der Waals surface area contributed by atoms with Crippen molar-refractivity contribution in [2.24, 2.45) is 17.8 Å². The van der Waals surface area contributed by atoms with Crippen LogP contribution >= 0.6 is 0 Å². The normalized spacial score (nSPS) is 26.9. The third-order valence-corrected chi connectivity index (χ3v) is 4.55. The van der Waals surface area contributed by atoms with E-state index in [0.717, 1.165) is 52.2 Å². The van der Waals surface area contributed by atoms with E-state index >= 15 is 0 Å². The van der Waals surface area contributed by atoms with Crippen LogP contribution < -0.4 is 0 Å². The summed E-state index contributed by atoms with van der Waals surface area (Å²) < 4.78 is 19.7. The largest absolute Gasteiger partial charge is 0.481 e. The molecule has 0 aromatic rings. The molecule has 4 rings (SSSR count). The Labute approximate surface area is 176 Å². The second-order valence-electron chi connectivity index (χ2n) is 6.89. The first-order valence-corrected chi connectivity index (χ1v) is 9.77. The molecule has 9 heteroatoms. The summed E-state index contributed by atoms with van der Waals surface area (Å²) in [5.41, 5.74) is 0. The highest BCUT2D eigenvalue weighted by Gasteiger charge is 2.22. The summed E-state index contributed by atoms with van der Waals surface area (Å²) in [7, 11) is 0. The summed E-state index contributed by atoms with van der Waals surface area (Å²) in [6.07, 6.45) is 6.16. The van der Waals surface area contributed by atoms with E-state index in [0.29, 0.717) is 38.8 Å². The number of aldehydes is 1. The molecule has 4 saturated heterocycles. The van der Waals surface area contributed by atoms with Crippen LogP contribution in [-0.2, 0) is 28.5 Å². The van der Waals surface area contributed by atoms with Gasteiger partial charge in [0.2, 0.25) is 0 Å². The molecule has 4 fully saturated rings. The SMILES string of the molecule is C.C1CCOC1.O=C(O)C1CCOC1.O=CC1CCOC1.OCC1CCOC1.[B]. The fourth-order valence-electron chi connectivity index (χ4n) is 2.63. The van der Waals surface area contributed by atoms with Gasteiger partial charge < -0.3 is 34.0 Å². The van der Waals surface area contributed by atoms with E-state index in [1.54, 1.807) is 0 Å². The molecular weight excluding hydrogens is 379 g/mol. The molecule has 0 aliphatic carbocycles. The Kier molecular flexibility index (Phi) is 21.1. The second-order valence-corrected chi connectivity index (χ2v) is 6.89. The number of carbonyl (C=O) groups is 2. The molecule has 0 amide bonds. The summed E-state index contributed by atoms with van der Waals surface area (Å²) in [6, 6.07) is 0. The van der Waals surface area contributed by atoms with E-state index in [9.17, 15) is 9.59 Å². The molecule has 8 nitrogen and oxygen atoms in total. The molecule has 3 unspecified atom stereocenters. The lowest BCUT2D eigenvalue weighted by molar-refractivity contribution is -0.141. The average Bonchev–Trinajstić information content (AvgIpc) is 3.49. The van der Waals surface area contributed by atoms with E-state index < -0.39 is 5.97 Å². The molecule has 0 saturated carbocycles. The van der Waals surface area contributed by atoms with Gasteiger partial charge in [-0.3, -0.25) is 4.79 Å². The Hall–Kier alpha value is -0.995. The van der Waals surface area contributed by atoms with Gasteiger partial charge in [-0.2, -0.15) is 0 Å². The van der Waals surface area contributed by atoms with Crippen molar-refractivity contribution in [3.8, 4) is 0 Å². The summed E-state index contributed by atoms with van der Waals surface area (Å²) >= 11 is 0. The number of aliphatic hydroxyl groups excluding tert-OH is 1. The Morgan fingerprint density at radius 2 is 1.45 bits per heavy atom. The van der Waals surface area contributed by atoms with Gasteiger partial charge in [0.1, 0.15) is 6.29 Å². The van der Waals surface area contributed by atoms with Crippen LogP contribution in [0.1, 0.15) is 39.5 Å². The minimum Gasteiger partial charge on any atom is -0.481 e. The molecule has 29 heavy (non-hydrogen) atoms. The summed E-state index contributed by atoms with van der Waals surface area (Å²) in [6.45, 7) is 6.31. The molecule has 3 radical (unpaired) electrons. The smallest absolute Gasteiger partial charge is 0.308 e. The van der Waals surface area contributed by atoms with Crippen molar-refractivity contribution < 1.29 is 38.7 Å². The molecule has 2 N–H and O–H groups in total. The van der Waals surface area contributed by atoms with E-state index in [2.05, 4.69) is 0 Å². The number of aliphatic hydroxyl groups is 1. The lowest BCUT2D eigenvalue weighted by atomic mass is 10.1. The van der Waals surface area contributed by atoms with Crippen molar-refractivity contribution in [1.29, 1.82) is 0 Å². The average molecular weight is 417 g/mol. The van der Waals surface area contributed by atoms with Crippen LogP contribution in [-0.4, -0.2) is 90.3 Å². The van der Waals surface area contributed by atoms with Crippen LogP contribution in [0.5, 0.6) is 0 Å². The first-order chi connectivity index (χ1) is 13.2. The molecule has 0 aromatic carbocycles.